The van der Waals surface area contributed by atoms with Crippen LogP contribution in [0.25, 0.3) is 10.8 Å². The van der Waals surface area contributed by atoms with E-state index in [0.29, 0.717) is 6.42 Å². The van der Waals surface area contributed by atoms with E-state index in [1.165, 1.54) is 0 Å². The second-order valence-corrected chi connectivity index (χ2v) is 4.40. The molecule has 0 saturated heterocycles. The summed E-state index contributed by atoms with van der Waals surface area (Å²) in [4.78, 5) is 15.1. The molecule has 0 fully saturated rings. The average molecular weight is 229 g/mol. The van der Waals surface area contributed by atoms with Crippen molar-refractivity contribution in [1.82, 2.24) is 4.98 Å². The summed E-state index contributed by atoms with van der Waals surface area (Å²) in [6.45, 7) is 3.69. The Kier molecular flexibility index (Phi) is 3.09. The van der Waals surface area contributed by atoms with Gasteiger partial charge in [-0.2, -0.15) is 0 Å². The summed E-state index contributed by atoms with van der Waals surface area (Å²) in [6.07, 6.45) is 2.34. The maximum atomic E-state index is 10.8. The van der Waals surface area contributed by atoms with Gasteiger partial charge in [-0.05, 0) is 36.4 Å². The number of aryl methyl sites for hydroxylation is 1. The van der Waals surface area contributed by atoms with Crippen molar-refractivity contribution in [2.45, 2.75) is 20.3 Å². The first-order chi connectivity index (χ1) is 8.08. The molecule has 0 aliphatic carbocycles. The van der Waals surface area contributed by atoms with E-state index < -0.39 is 5.97 Å². The van der Waals surface area contributed by atoms with E-state index in [-0.39, 0.29) is 5.92 Å². The molecule has 1 aromatic carbocycles. The van der Waals surface area contributed by atoms with Crippen LogP contribution in [0.4, 0.5) is 0 Å². The van der Waals surface area contributed by atoms with Crippen molar-refractivity contribution < 1.29 is 9.90 Å². The fourth-order valence-electron chi connectivity index (χ4n) is 1.93. The highest BCUT2D eigenvalue weighted by atomic mass is 16.4. The normalized spacial score (nSPS) is 12.6. The number of nitrogens with zero attached hydrogens (tertiary/aromatic N) is 1. The standard InChI is InChI=1S/C14H15NO2/c1-9(14(16)17)7-11-3-4-12-5-6-15-10(2)13(12)8-11/h3-6,8-9H,7H2,1-2H3,(H,16,17). The Morgan fingerprint density at radius 1 is 1.41 bits per heavy atom. The molecule has 2 aromatic rings. The van der Waals surface area contributed by atoms with Crippen LogP contribution in [-0.2, 0) is 11.2 Å². The molecule has 1 aromatic heterocycles. The van der Waals surface area contributed by atoms with Gasteiger partial charge in [-0.25, -0.2) is 0 Å². The molecule has 17 heavy (non-hydrogen) atoms. The van der Waals surface area contributed by atoms with Gasteiger partial charge >= 0.3 is 5.97 Å². The third-order valence-electron chi connectivity index (χ3n) is 2.99. The maximum absolute atomic E-state index is 10.8. The molecule has 88 valence electrons. The van der Waals surface area contributed by atoms with Gasteiger partial charge in [0.25, 0.3) is 0 Å². The smallest absolute Gasteiger partial charge is 0.306 e. The maximum Gasteiger partial charge on any atom is 0.306 e. The van der Waals surface area contributed by atoms with E-state index in [0.717, 1.165) is 22.0 Å². The zero-order valence-corrected chi connectivity index (χ0v) is 9.97. The van der Waals surface area contributed by atoms with Crippen LogP contribution in [0.3, 0.4) is 0 Å². The second-order valence-electron chi connectivity index (χ2n) is 4.40. The van der Waals surface area contributed by atoms with Gasteiger partial charge in [0.2, 0.25) is 0 Å². The first-order valence-electron chi connectivity index (χ1n) is 5.65. The van der Waals surface area contributed by atoms with Gasteiger partial charge in [0.15, 0.2) is 0 Å². The molecule has 3 heteroatoms. The van der Waals surface area contributed by atoms with Gasteiger partial charge in [0.1, 0.15) is 0 Å². The topological polar surface area (TPSA) is 50.2 Å². The number of hydrogen-bond donors (Lipinski definition) is 1. The Morgan fingerprint density at radius 2 is 2.18 bits per heavy atom. The number of carbonyl (C=O) groups is 1. The molecule has 0 radical (unpaired) electrons. The first-order valence-corrected chi connectivity index (χ1v) is 5.65. The summed E-state index contributed by atoms with van der Waals surface area (Å²) in [6, 6.07) is 8.01. The number of pyridine rings is 1. The van der Waals surface area contributed by atoms with Crippen LogP contribution in [0, 0.1) is 12.8 Å². The third kappa shape index (κ3) is 2.44. The summed E-state index contributed by atoms with van der Waals surface area (Å²) >= 11 is 0. The lowest BCUT2D eigenvalue weighted by Gasteiger charge is -2.08. The van der Waals surface area contributed by atoms with Gasteiger partial charge < -0.3 is 5.11 Å². The molecule has 0 bridgehead atoms. The van der Waals surface area contributed by atoms with E-state index >= 15 is 0 Å². The molecule has 1 atom stereocenters. The number of aliphatic carboxylic acids is 1. The summed E-state index contributed by atoms with van der Waals surface area (Å²) < 4.78 is 0. The van der Waals surface area contributed by atoms with Crippen molar-refractivity contribution >= 4 is 16.7 Å². The highest BCUT2D eigenvalue weighted by molar-refractivity contribution is 5.85. The Bertz CT molecular complexity index is 563. The number of benzene rings is 1. The minimum Gasteiger partial charge on any atom is -0.481 e. The summed E-state index contributed by atoms with van der Waals surface area (Å²) in [7, 11) is 0. The van der Waals surface area contributed by atoms with E-state index in [2.05, 4.69) is 4.98 Å². The number of rotatable bonds is 3. The van der Waals surface area contributed by atoms with Crippen LogP contribution in [0.5, 0.6) is 0 Å². The van der Waals surface area contributed by atoms with E-state index in [1.807, 2.05) is 31.2 Å². The number of hydrogen-bond acceptors (Lipinski definition) is 2. The van der Waals surface area contributed by atoms with Gasteiger partial charge in [-0.1, -0.05) is 19.1 Å². The van der Waals surface area contributed by atoms with Crippen molar-refractivity contribution in [3.8, 4) is 0 Å². The van der Waals surface area contributed by atoms with Gasteiger partial charge in [0.05, 0.1) is 5.92 Å². The second kappa shape index (κ2) is 4.53. The van der Waals surface area contributed by atoms with Gasteiger partial charge in [0, 0.05) is 17.3 Å². The highest BCUT2D eigenvalue weighted by Crippen LogP contribution is 2.20. The first kappa shape index (κ1) is 11.6. The van der Waals surface area contributed by atoms with Crippen LogP contribution in [0.1, 0.15) is 18.2 Å². The molecule has 1 heterocycles. The molecule has 0 spiro atoms. The van der Waals surface area contributed by atoms with Crippen molar-refractivity contribution in [3.63, 3.8) is 0 Å². The predicted octanol–water partition coefficient (Wildman–Crippen LogP) is 2.81. The highest BCUT2D eigenvalue weighted by Gasteiger charge is 2.11. The average Bonchev–Trinajstić information content (AvgIpc) is 2.30. The summed E-state index contributed by atoms with van der Waals surface area (Å²) in [5, 5.41) is 11.1. The Labute approximate surface area is 100 Å². The number of carboxylic acids is 1. The van der Waals surface area contributed by atoms with E-state index in [4.69, 9.17) is 5.11 Å². The molecule has 1 unspecified atom stereocenters. The SMILES string of the molecule is Cc1nccc2ccc(CC(C)C(=O)O)cc12. The molecular weight excluding hydrogens is 214 g/mol. The number of carboxylic acid groups (broad SMARTS) is 1. The zero-order chi connectivity index (χ0) is 12.4. The third-order valence-corrected chi connectivity index (χ3v) is 2.99. The van der Waals surface area contributed by atoms with E-state index in [9.17, 15) is 4.79 Å². The fraction of sp³-hybridized carbons (Fsp3) is 0.286. The summed E-state index contributed by atoms with van der Waals surface area (Å²) in [5.41, 5.74) is 2.02. The van der Waals surface area contributed by atoms with E-state index in [1.54, 1.807) is 13.1 Å². The Morgan fingerprint density at radius 3 is 2.88 bits per heavy atom. The quantitative estimate of drug-likeness (QED) is 0.880. The van der Waals surface area contributed by atoms with Crippen molar-refractivity contribution in [2.75, 3.05) is 0 Å². The van der Waals surface area contributed by atoms with Crippen LogP contribution < -0.4 is 0 Å². The lowest BCUT2D eigenvalue weighted by Crippen LogP contribution is -2.12. The Hall–Kier alpha value is -1.90. The zero-order valence-electron chi connectivity index (χ0n) is 9.97. The minimum absolute atomic E-state index is 0.357. The van der Waals surface area contributed by atoms with Crippen LogP contribution in [-0.4, -0.2) is 16.1 Å². The van der Waals surface area contributed by atoms with Crippen LogP contribution in [0.2, 0.25) is 0 Å². The monoisotopic (exact) mass is 229 g/mol. The number of aromatic nitrogens is 1. The number of fused-ring (bicyclic) bond motifs is 1. The van der Waals surface area contributed by atoms with Gasteiger partial charge in [-0.15, -0.1) is 0 Å². The van der Waals surface area contributed by atoms with Crippen LogP contribution in [0.15, 0.2) is 30.5 Å². The molecule has 2 rings (SSSR count). The lowest BCUT2D eigenvalue weighted by atomic mass is 9.98. The van der Waals surface area contributed by atoms with Gasteiger partial charge in [-0.3, -0.25) is 9.78 Å². The van der Waals surface area contributed by atoms with Crippen molar-refractivity contribution in [3.05, 3.63) is 41.7 Å². The molecule has 0 aliphatic rings. The molecule has 0 saturated carbocycles. The Balaban J connectivity index is 2.37. The molecule has 0 amide bonds. The van der Waals surface area contributed by atoms with Crippen molar-refractivity contribution in [2.24, 2.45) is 5.92 Å². The fourth-order valence-corrected chi connectivity index (χ4v) is 1.93. The molecular formula is C14H15NO2. The molecule has 0 aliphatic heterocycles. The minimum atomic E-state index is -0.756. The lowest BCUT2D eigenvalue weighted by molar-refractivity contribution is -0.141. The molecule has 3 nitrogen and oxygen atoms in total. The molecule has 1 N–H and O–H groups in total. The summed E-state index contributed by atoms with van der Waals surface area (Å²) in [5.74, 6) is -1.11. The predicted molar refractivity (Wildman–Crippen MR) is 67.0 cm³/mol. The van der Waals surface area contributed by atoms with Crippen molar-refractivity contribution in [1.29, 1.82) is 0 Å². The van der Waals surface area contributed by atoms with Crippen LogP contribution >= 0.6 is 0 Å². The largest absolute Gasteiger partial charge is 0.481 e.